The van der Waals surface area contributed by atoms with E-state index in [1.165, 1.54) is 12.1 Å². The zero-order chi connectivity index (χ0) is 22.2. The number of hydrogen-bond donors (Lipinski definition) is 1. The fourth-order valence-corrected chi connectivity index (χ4v) is 3.00. The van der Waals surface area contributed by atoms with Crippen LogP contribution in [0.4, 0.5) is 5.69 Å². The van der Waals surface area contributed by atoms with E-state index in [2.05, 4.69) is 5.32 Å². The molecule has 1 N–H and O–H groups in total. The molecular weight excluding hydrogens is 435 g/mol. The topological polar surface area (TPSA) is 71.3 Å². The summed E-state index contributed by atoms with van der Waals surface area (Å²) < 4.78 is 11.2. The molecule has 0 aliphatic rings. The number of hydrogen-bond acceptors (Lipinski definition) is 4. The van der Waals surface area contributed by atoms with Crippen LogP contribution in [0.1, 0.15) is 11.1 Å². The second-order valence-electron chi connectivity index (χ2n) is 6.43. The van der Waals surface area contributed by atoms with Crippen molar-refractivity contribution in [2.75, 3.05) is 12.4 Å². The first-order valence-corrected chi connectivity index (χ1v) is 9.98. The second kappa shape index (κ2) is 10.5. The Balaban J connectivity index is 1.85. The maximum Gasteiger partial charge on any atom is 0.266 e. The monoisotopic (exact) mass is 452 g/mol. The summed E-state index contributed by atoms with van der Waals surface area (Å²) >= 11 is 11.9. The van der Waals surface area contributed by atoms with Crippen molar-refractivity contribution in [3.63, 3.8) is 0 Å². The number of carbonyl (C=O) groups is 1. The molecule has 0 unspecified atom stereocenters. The van der Waals surface area contributed by atoms with Gasteiger partial charge in [-0.2, -0.15) is 5.26 Å². The van der Waals surface area contributed by atoms with E-state index in [0.29, 0.717) is 39.4 Å². The molecule has 0 aliphatic heterocycles. The maximum atomic E-state index is 12.6. The Morgan fingerprint density at radius 3 is 2.52 bits per heavy atom. The lowest BCUT2D eigenvalue weighted by Crippen LogP contribution is -2.13. The van der Waals surface area contributed by atoms with Crippen LogP contribution in [0, 0.1) is 11.3 Å². The molecule has 0 heterocycles. The molecule has 0 aliphatic carbocycles. The summed E-state index contributed by atoms with van der Waals surface area (Å²) in [6, 6.07) is 21.4. The summed E-state index contributed by atoms with van der Waals surface area (Å²) in [5, 5.41) is 12.9. The van der Waals surface area contributed by atoms with Gasteiger partial charge in [0, 0.05) is 17.3 Å². The third-order valence-corrected chi connectivity index (χ3v) is 5.04. The quantitative estimate of drug-likeness (QED) is 0.345. The van der Waals surface area contributed by atoms with Gasteiger partial charge in [0.2, 0.25) is 0 Å². The molecule has 0 aromatic heterocycles. The van der Waals surface area contributed by atoms with Gasteiger partial charge in [0.1, 0.15) is 29.7 Å². The van der Waals surface area contributed by atoms with Crippen molar-refractivity contribution in [3.05, 3.63) is 93.5 Å². The Bertz CT molecular complexity index is 1160. The molecule has 1 amide bonds. The zero-order valence-corrected chi connectivity index (χ0v) is 18.1. The van der Waals surface area contributed by atoms with Crippen molar-refractivity contribution in [2.24, 2.45) is 0 Å². The molecule has 0 radical (unpaired) electrons. The van der Waals surface area contributed by atoms with Gasteiger partial charge in [-0.15, -0.1) is 0 Å². The fraction of sp³-hybridized carbons (Fsp3) is 0.0833. The summed E-state index contributed by atoms with van der Waals surface area (Å²) in [5.41, 5.74) is 1.88. The minimum absolute atomic E-state index is 0.0965. The van der Waals surface area contributed by atoms with Crippen molar-refractivity contribution in [1.82, 2.24) is 0 Å². The number of benzene rings is 3. The number of nitrogens with zero attached hydrogens (tertiary/aromatic N) is 1. The first-order chi connectivity index (χ1) is 15.0. The fourth-order valence-electron chi connectivity index (χ4n) is 2.70. The van der Waals surface area contributed by atoms with E-state index in [1.54, 1.807) is 37.4 Å². The van der Waals surface area contributed by atoms with Crippen molar-refractivity contribution in [2.45, 2.75) is 6.61 Å². The van der Waals surface area contributed by atoms with Crippen LogP contribution in [0.2, 0.25) is 10.0 Å². The number of rotatable bonds is 7. The predicted molar refractivity (Wildman–Crippen MR) is 122 cm³/mol. The van der Waals surface area contributed by atoms with Crippen LogP contribution in [0.25, 0.3) is 6.08 Å². The van der Waals surface area contributed by atoms with Crippen LogP contribution in [0.3, 0.4) is 0 Å². The van der Waals surface area contributed by atoms with Gasteiger partial charge in [0.15, 0.2) is 0 Å². The molecule has 3 aromatic carbocycles. The van der Waals surface area contributed by atoms with Gasteiger partial charge >= 0.3 is 0 Å². The molecule has 0 bridgehead atoms. The first kappa shape index (κ1) is 22.2. The number of ether oxygens (including phenoxy) is 2. The summed E-state index contributed by atoms with van der Waals surface area (Å²) in [7, 11) is 1.55. The van der Waals surface area contributed by atoms with E-state index in [0.717, 1.165) is 5.56 Å². The van der Waals surface area contributed by atoms with Gasteiger partial charge in [-0.3, -0.25) is 4.79 Å². The van der Waals surface area contributed by atoms with Gasteiger partial charge in [-0.1, -0.05) is 53.5 Å². The van der Waals surface area contributed by atoms with Crippen LogP contribution in [0.5, 0.6) is 11.5 Å². The maximum absolute atomic E-state index is 12.6. The van der Waals surface area contributed by atoms with E-state index in [4.69, 9.17) is 32.7 Å². The normalized spacial score (nSPS) is 10.8. The number of amides is 1. The van der Waals surface area contributed by atoms with E-state index >= 15 is 0 Å². The van der Waals surface area contributed by atoms with Gasteiger partial charge in [-0.25, -0.2) is 0 Å². The first-order valence-electron chi connectivity index (χ1n) is 9.23. The molecular formula is C24H18Cl2N2O3. The molecule has 3 aromatic rings. The summed E-state index contributed by atoms with van der Waals surface area (Å²) in [5.74, 6) is 0.503. The smallest absolute Gasteiger partial charge is 0.266 e. The van der Waals surface area contributed by atoms with E-state index in [-0.39, 0.29) is 5.57 Å². The average molecular weight is 453 g/mol. The average Bonchev–Trinajstić information content (AvgIpc) is 2.79. The van der Waals surface area contributed by atoms with Gasteiger partial charge in [-0.05, 0) is 42.0 Å². The highest BCUT2D eigenvalue weighted by Gasteiger charge is 2.13. The highest BCUT2D eigenvalue weighted by atomic mass is 35.5. The number of nitriles is 1. The SMILES string of the molecule is COc1ccc(/C=C(\C#N)C(=O)Nc2ccc(Cl)c(Cl)c2)c(OCc2ccccc2)c1. The molecule has 31 heavy (non-hydrogen) atoms. The van der Waals surface area contributed by atoms with E-state index < -0.39 is 5.91 Å². The molecule has 0 saturated heterocycles. The second-order valence-corrected chi connectivity index (χ2v) is 7.25. The Morgan fingerprint density at radius 1 is 1.06 bits per heavy atom. The lowest BCUT2D eigenvalue weighted by molar-refractivity contribution is -0.112. The van der Waals surface area contributed by atoms with Crippen LogP contribution in [-0.4, -0.2) is 13.0 Å². The molecule has 0 atom stereocenters. The Labute approximate surface area is 190 Å². The highest BCUT2D eigenvalue weighted by molar-refractivity contribution is 6.42. The van der Waals surface area contributed by atoms with E-state index in [9.17, 15) is 10.1 Å². The zero-order valence-electron chi connectivity index (χ0n) is 16.6. The molecule has 0 fully saturated rings. The van der Waals surface area contributed by atoms with Crippen LogP contribution < -0.4 is 14.8 Å². The summed E-state index contributed by atoms with van der Waals surface area (Å²) in [6.07, 6.45) is 1.46. The highest BCUT2D eigenvalue weighted by Crippen LogP contribution is 2.29. The summed E-state index contributed by atoms with van der Waals surface area (Å²) in [4.78, 5) is 12.6. The molecule has 7 heteroatoms. The van der Waals surface area contributed by atoms with Crippen LogP contribution >= 0.6 is 23.2 Å². The molecule has 0 saturated carbocycles. The van der Waals surface area contributed by atoms with Crippen molar-refractivity contribution in [3.8, 4) is 17.6 Å². The Morgan fingerprint density at radius 2 is 1.84 bits per heavy atom. The number of carbonyl (C=O) groups excluding carboxylic acids is 1. The number of methoxy groups -OCH3 is 1. The largest absolute Gasteiger partial charge is 0.497 e. The van der Waals surface area contributed by atoms with Crippen LogP contribution in [0.15, 0.2) is 72.3 Å². The van der Waals surface area contributed by atoms with Crippen molar-refractivity contribution < 1.29 is 14.3 Å². The summed E-state index contributed by atoms with van der Waals surface area (Å²) in [6.45, 7) is 0.326. The third kappa shape index (κ3) is 6.02. The van der Waals surface area contributed by atoms with E-state index in [1.807, 2.05) is 36.4 Å². The molecule has 5 nitrogen and oxygen atoms in total. The van der Waals surface area contributed by atoms with Gasteiger partial charge in [0.05, 0.1) is 17.2 Å². The predicted octanol–water partition coefficient (Wildman–Crippen LogP) is 6.13. The number of anilines is 1. The van der Waals surface area contributed by atoms with Crippen molar-refractivity contribution in [1.29, 1.82) is 5.26 Å². The van der Waals surface area contributed by atoms with Gasteiger partial charge in [0.25, 0.3) is 5.91 Å². The lowest BCUT2D eigenvalue weighted by Gasteiger charge is -2.12. The standard InChI is InChI=1S/C24H18Cl2N2O3/c1-30-20-9-7-17(23(13-20)31-15-16-5-3-2-4-6-16)11-18(14-27)24(29)28-19-8-10-21(25)22(26)12-19/h2-13H,15H2,1H3,(H,28,29)/b18-11+. The molecule has 0 spiro atoms. The Kier molecular flexibility index (Phi) is 7.55. The minimum atomic E-state index is -0.578. The lowest BCUT2D eigenvalue weighted by atomic mass is 10.1. The third-order valence-electron chi connectivity index (χ3n) is 4.30. The van der Waals surface area contributed by atoms with Gasteiger partial charge < -0.3 is 14.8 Å². The molecule has 156 valence electrons. The Hall–Kier alpha value is -3.46. The molecule has 3 rings (SSSR count). The minimum Gasteiger partial charge on any atom is -0.497 e. The van der Waals surface area contributed by atoms with Crippen molar-refractivity contribution >= 4 is 40.9 Å². The number of nitrogens with one attached hydrogen (secondary N) is 1. The van der Waals surface area contributed by atoms with Crippen LogP contribution in [-0.2, 0) is 11.4 Å². The number of halogens is 2.